The van der Waals surface area contributed by atoms with E-state index in [9.17, 15) is 0 Å². The first-order chi connectivity index (χ1) is 10.4. The second kappa shape index (κ2) is 12.5. The highest BCUT2D eigenvalue weighted by atomic mass is 16.7. The standard InChI is InChI=1S/C19H30O2/c1-3-5-7-9-11-18-12-14-19(15-13-18)21-17-20-16-10-8-6-4-2/h9,11-15H,3-8,10,16-17H2,1-2H3/b11-9+. The van der Waals surface area contributed by atoms with Gasteiger partial charge in [0.15, 0.2) is 6.79 Å². The minimum Gasteiger partial charge on any atom is -0.468 e. The Kier molecular flexibility index (Phi) is 10.5. The maximum atomic E-state index is 5.56. The Balaban J connectivity index is 2.14. The van der Waals surface area contributed by atoms with Crippen molar-refractivity contribution in [3.8, 4) is 5.75 Å². The molecule has 1 aromatic rings. The van der Waals surface area contributed by atoms with Gasteiger partial charge in [-0.25, -0.2) is 0 Å². The summed E-state index contributed by atoms with van der Waals surface area (Å²) in [7, 11) is 0. The quantitative estimate of drug-likeness (QED) is 0.356. The molecule has 0 atom stereocenters. The highest BCUT2D eigenvalue weighted by Gasteiger charge is 1.94. The molecule has 0 aliphatic heterocycles. The molecular weight excluding hydrogens is 260 g/mol. The molecule has 2 nitrogen and oxygen atoms in total. The number of rotatable bonds is 12. The van der Waals surface area contributed by atoms with Crippen LogP contribution in [0.25, 0.3) is 6.08 Å². The van der Waals surface area contributed by atoms with Gasteiger partial charge in [0.1, 0.15) is 5.75 Å². The minimum atomic E-state index is 0.345. The van der Waals surface area contributed by atoms with Gasteiger partial charge in [-0.2, -0.15) is 0 Å². The molecule has 2 heteroatoms. The van der Waals surface area contributed by atoms with Crippen LogP contribution in [-0.2, 0) is 4.74 Å². The molecule has 0 heterocycles. The van der Waals surface area contributed by atoms with Gasteiger partial charge in [-0.15, -0.1) is 0 Å². The van der Waals surface area contributed by atoms with Crippen molar-refractivity contribution in [2.24, 2.45) is 0 Å². The fraction of sp³-hybridized carbons (Fsp3) is 0.579. The van der Waals surface area contributed by atoms with Crippen LogP contribution in [0.3, 0.4) is 0 Å². The van der Waals surface area contributed by atoms with Gasteiger partial charge in [-0.05, 0) is 30.5 Å². The first kappa shape index (κ1) is 17.8. The Morgan fingerprint density at radius 2 is 1.67 bits per heavy atom. The van der Waals surface area contributed by atoms with Crippen LogP contribution in [0.15, 0.2) is 30.3 Å². The number of hydrogen-bond acceptors (Lipinski definition) is 2. The smallest absolute Gasteiger partial charge is 0.189 e. The molecule has 0 saturated heterocycles. The lowest BCUT2D eigenvalue weighted by atomic mass is 10.1. The number of ether oxygens (including phenoxy) is 2. The molecule has 0 unspecified atom stereocenters. The topological polar surface area (TPSA) is 18.5 Å². The molecule has 118 valence electrons. The van der Waals surface area contributed by atoms with E-state index in [1.54, 1.807) is 0 Å². The number of unbranched alkanes of at least 4 members (excludes halogenated alkanes) is 5. The van der Waals surface area contributed by atoms with Crippen molar-refractivity contribution in [2.75, 3.05) is 13.4 Å². The summed E-state index contributed by atoms with van der Waals surface area (Å²) < 4.78 is 11.0. The van der Waals surface area contributed by atoms with Gasteiger partial charge in [0.2, 0.25) is 0 Å². The van der Waals surface area contributed by atoms with Crippen molar-refractivity contribution in [3.63, 3.8) is 0 Å². The van der Waals surface area contributed by atoms with Gasteiger partial charge in [-0.3, -0.25) is 0 Å². The lowest BCUT2D eigenvalue weighted by Gasteiger charge is -2.07. The van der Waals surface area contributed by atoms with Crippen LogP contribution in [0.5, 0.6) is 5.75 Å². The van der Waals surface area contributed by atoms with Crippen molar-refractivity contribution < 1.29 is 9.47 Å². The Morgan fingerprint density at radius 1 is 0.905 bits per heavy atom. The molecule has 0 bridgehead atoms. The van der Waals surface area contributed by atoms with Crippen LogP contribution in [0.2, 0.25) is 0 Å². The first-order valence-corrected chi connectivity index (χ1v) is 8.34. The molecule has 0 saturated carbocycles. The van der Waals surface area contributed by atoms with Gasteiger partial charge in [-0.1, -0.05) is 70.2 Å². The Hall–Kier alpha value is -1.28. The van der Waals surface area contributed by atoms with Crippen molar-refractivity contribution in [3.05, 3.63) is 35.9 Å². The summed E-state index contributed by atoms with van der Waals surface area (Å²) in [5, 5.41) is 0. The van der Waals surface area contributed by atoms with Crippen molar-refractivity contribution >= 4 is 6.08 Å². The molecule has 0 aliphatic rings. The molecule has 0 aromatic heterocycles. The number of allylic oxidation sites excluding steroid dienone is 1. The second-order valence-corrected chi connectivity index (χ2v) is 5.34. The molecule has 21 heavy (non-hydrogen) atoms. The molecule has 0 N–H and O–H groups in total. The van der Waals surface area contributed by atoms with Gasteiger partial charge in [0, 0.05) is 0 Å². The van der Waals surface area contributed by atoms with Gasteiger partial charge in [0.05, 0.1) is 6.61 Å². The maximum absolute atomic E-state index is 5.56. The molecule has 0 radical (unpaired) electrons. The molecule has 0 spiro atoms. The fourth-order valence-corrected chi connectivity index (χ4v) is 2.02. The second-order valence-electron chi connectivity index (χ2n) is 5.34. The lowest BCUT2D eigenvalue weighted by molar-refractivity contribution is 0.0135. The third kappa shape index (κ3) is 9.30. The highest BCUT2D eigenvalue weighted by Crippen LogP contribution is 2.14. The summed E-state index contributed by atoms with van der Waals surface area (Å²) >= 11 is 0. The largest absolute Gasteiger partial charge is 0.468 e. The van der Waals surface area contributed by atoms with Crippen LogP contribution >= 0.6 is 0 Å². The van der Waals surface area contributed by atoms with Crippen LogP contribution < -0.4 is 4.74 Å². The normalized spacial score (nSPS) is 11.1. The predicted octanol–water partition coefficient (Wildman–Crippen LogP) is 5.82. The Morgan fingerprint density at radius 3 is 2.38 bits per heavy atom. The zero-order valence-corrected chi connectivity index (χ0v) is 13.6. The monoisotopic (exact) mass is 290 g/mol. The average Bonchev–Trinajstić information content (AvgIpc) is 2.52. The summed E-state index contributed by atoms with van der Waals surface area (Å²) in [6.45, 7) is 5.56. The van der Waals surface area contributed by atoms with Gasteiger partial charge >= 0.3 is 0 Å². The number of benzene rings is 1. The van der Waals surface area contributed by atoms with E-state index < -0.39 is 0 Å². The van der Waals surface area contributed by atoms with Gasteiger partial charge in [0.25, 0.3) is 0 Å². The zero-order chi connectivity index (χ0) is 15.2. The van der Waals surface area contributed by atoms with E-state index >= 15 is 0 Å². The van der Waals surface area contributed by atoms with Crippen molar-refractivity contribution in [1.82, 2.24) is 0 Å². The van der Waals surface area contributed by atoms with Crippen LogP contribution in [0, 0.1) is 0 Å². The van der Waals surface area contributed by atoms with Crippen molar-refractivity contribution in [1.29, 1.82) is 0 Å². The maximum Gasteiger partial charge on any atom is 0.189 e. The van der Waals surface area contributed by atoms with E-state index in [-0.39, 0.29) is 0 Å². The molecule has 0 aliphatic carbocycles. The SMILES string of the molecule is CCCC/C=C/c1ccc(OCOCCCCCC)cc1. The molecule has 1 aromatic carbocycles. The van der Waals surface area contributed by atoms with Crippen molar-refractivity contribution in [2.45, 2.75) is 58.8 Å². The van der Waals surface area contributed by atoms with E-state index in [0.717, 1.165) is 25.2 Å². The first-order valence-electron chi connectivity index (χ1n) is 8.34. The zero-order valence-electron chi connectivity index (χ0n) is 13.6. The third-order valence-corrected chi connectivity index (χ3v) is 3.37. The summed E-state index contributed by atoms with van der Waals surface area (Å²) in [6, 6.07) is 8.16. The van der Waals surface area contributed by atoms with Gasteiger partial charge < -0.3 is 9.47 Å². The highest BCUT2D eigenvalue weighted by molar-refractivity contribution is 5.50. The Bertz CT molecular complexity index is 368. The van der Waals surface area contributed by atoms with E-state index in [0.29, 0.717) is 6.79 Å². The number of hydrogen-bond donors (Lipinski definition) is 0. The lowest BCUT2D eigenvalue weighted by Crippen LogP contribution is -2.04. The molecule has 0 amide bonds. The average molecular weight is 290 g/mol. The summed E-state index contributed by atoms with van der Waals surface area (Å²) in [6.07, 6.45) is 13.0. The molecule has 1 rings (SSSR count). The van der Waals surface area contributed by atoms with E-state index in [1.807, 2.05) is 12.1 Å². The Labute approximate surface area is 130 Å². The third-order valence-electron chi connectivity index (χ3n) is 3.37. The molecule has 0 fully saturated rings. The van der Waals surface area contributed by atoms with Crippen LogP contribution in [-0.4, -0.2) is 13.4 Å². The summed E-state index contributed by atoms with van der Waals surface area (Å²) in [5.74, 6) is 0.870. The van der Waals surface area contributed by atoms with Crippen LogP contribution in [0.1, 0.15) is 64.4 Å². The summed E-state index contributed by atoms with van der Waals surface area (Å²) in [4.78, 5) is 0. The summed E-state index contributed by atoms with van der Waals surface area (Å²) in [5.41, 5.74) is 1.22. The van der Waals surface area contributed by atoms with Crippen LogP contribution in [0.4, 0.5) is 0 Å². The van der Waals surface area contributed by atoms with E-state index in [2.05, 4.69) is 38.1 Å². The fourth-order valence-electron chi connectivity index (χ4n) is 2.02. The van der Waals surface area contributed by atoms with E-state index in [4.69, 9.17) is 9.47 Å². The predicted molar refractivity (Wildman–Crippen MR) is 90.6 cm³/mol. The minimum absolute atomic E-state index is 0.345. The molecular formula is C19H30O2. The van der Waals surface area contributed by atoms with E-state index in [1.165, 1.54) is 37.7 Å².